The molecule has 0 saturated carbocycles. The average molecular weight is 331 g/mol. The van der Waals surface area contributed by atoms with Gasteiger partial charge in [-0.2, -0.15) is 0 Å². The Labute approximate surface area is 131 Å². The van der Waals surface area contributed by atoms with E-state index in [1.165, 1.54) is 37.3 Å². The highest BCUT2D eigenvalue weighted by Crippen LogP contribution is 2.24. The van der Waals surface area contributed by atoms with E-state index in [4.69, 9.17) is 11.6 Å². The van der Waals surface area contributed by atoms with E-state index in [1.807, 2.05) is 0 Å². The summed E-state index contributed by atoms with van der Waals surface area (Å²) in [5, 5.41) is 11.3. The number of hydrogen-bond acceptors (Lipinski definition) is 7. The number of rotatable bonds is 7. The minimum atomic E-state index is -0.574. The van der Waals surface area contributed by atoms with Crippen molar-refractivity contribution in [2.45, 2.75) is 6.54 Å². The van der Waals surface area contributed by atoms with E-state index in [0.717, 1.165) is 0 Å². The third-order valence-electron chi connectivity index (χ3n) is 2.80. The van der Waals surface area contributed by atoms with Crippen LogP contribution in [0.4, 0.5) is 5.69 Å². The van der Waals surface area contributed by atoms with Crippen molar-refractivity contribution in [1.82, 2.24) is 4.90 Å². The van der Waals surface area contributed by atoms with Gasteiger partial charge in [-0.25, -0.2) is 0 Å². The molecule has 0 aromatic heterocycles. The van der Waals surface area contributed by atoms with Crippen LogP contribution in [0.3, 0.4) is 0 Å². The van der Waals surface area contributed by atoms with Crippen LogP contribution in [0.2, 0.25) is 5.02 Å². The van der Waals surface area contributed by atoms with Crippen LogP contribution in [0.5, 0.6) is 0 Å². The van der Waals surface area contributed by atoms with Gasteiger partial charge in [-0.1, -0.05) is 11.6 Å². The summed E-state index contributed by atoms with van der Waals surface area (Å²) in [6.45, 7) is -0.408. The molecule has 0 spiro atoms. The largest absolute Gasteiger partial charge is 0.468 e. The summed E-state index contributed by atoms with van der Waals surface area (Å²) in [4.78, 5) is 34.6. The Morgan fingerprint density at radius 3 is 2.23 bits per heavy atom. The van der Waals surface area contributed by atoms with Crippen LogP contribution in [0.1, 0.15) is 5.56 Å². The maximum absolute atomic E-state index is 11.4. The van der Waals surface area contributed by atoms with E-state index in [2.05, 4.69) is 9.47 Å². The van der Waals surface area contributed by atoms with E-state index in [-0.39, 0.29) is 30.3 Å². The van der Waals surface area contributed by atoms with Crippen molar-refractivity contribution in [3.05, 3.63) is 38.9 Å². The van der Waals surface area contributed by atoms with Gasteiger partial charge in [0.1, 0.15) is 0 Å². The fraction of sp³-hybridized carbons (Fsp3) is 0.385. The maximum atomic E-state index is 11.4. The van der Waals surface area contributed by atoms with Crippen LogP contribution in [0.25, 0.3) is 0 Å². The number of carbonyl (C=O) groups excluding carboxylic acids is 2. The van der Waals surface area contributed by atoms with Crippen molar-refractivity contribution in [2.75, 3.05) is 27.3 Å². The van der Waals surface area contributed by atoms with Gasteiger partial charge in [-0.05, 0) is 12.1 Å². The molecule has 1 rings (SSSR count). The third-order valence-corrected chi connectivity index (χ3v) is 3.03. The van der Waals surface area contributed by atoms with E-state index < -0.39 is 16.9 Å². The number of nitrogens with zero attached hydrogens (tertiary/aromatic N) is 2. The number of hydrogen-bond donors (Lipinski definition) is 0. The number of ether oxygens (including phenoxy) is 2. The minimum absolute atomic E-state index is 0.00230. The van der Waals surface area contributed by atoms with Gasteiger partial charge < -0.3 is 9.47 Å². The van der Waals surface area contributed by atoms with Gasteiger partial charge in [0, 0.05) is 23.2 Å². The molecule has 0 amide bonds. The number of halogens is 1. The molecule has 22 heavy (non-hydrogen) atoms. The molecule has 0 aliphatic rings. The summed E-state index contributed by atoms with van der Waals surface area (Å²) in [6, 6.07) is 4.19. The lowest BCUT2D eigenvalue weighted by Gasteiger charge is -2.19. The van der Waals surface area contributed by atoms with E-state index >= 15 is 0 Å². The normalized spacial score (nSPS) is 10.4. The Morgan fingerprint density at radius 2 is 1.77 bits per heavy atom. The molecule has 0 aliphatic heterocycles. The highest BCUT2D eigenvalue weighted by Gasteiger charge is 2.21. The summed E-state index contributed by atoms with van der Waals surface area (Å²) >= 11 is 5.74. The molecule has 8 nitrogen and oxygen atoms in total. The molecule has 0 bridgehead atoms. The van der Waals surface area contributed by atoms with Gasteiger partial charge in [0.25, 0.3) is 5.69 Å². The quantitative estimate of drug-likeness (QED) is 0.423. The fourth-order valence-corrected chi connectivity index (χ4v) is 1.91. The van der Waals surface area contributed by atoms with Crippen LogP contribution in [0, 0.1) is 10.1 Å². The van der Waals surface area contributed by atoms with Gasteiger partial charge in [-0.15, -0.1) is 0 Å². The minimum Gasteiger partial charge on any atom is -0.468 e. The second-order valence-corrected chi connectivity index (χ2v) is 4.76. The molecule has 0 radical (unpaired) electrons. The van der Waals surface area contributed by atoms with Gasteiger partial charge >= 0.3 is 11.9 Å². The first-order valence-electron chi connectivity index (χ1n) is 6.16. The predicted molar refractivity (Wildman–Crippen MR) is 77.4 cm³/mol. The molecule has 0 aliphatic carbocycles. The van der Waals surface area contributed by atoms with Crippen molar-refractivity contribution >= 4 is 29.2 Å². The van der Waals surface area contributed by atoms with Crippen molar-refractivity contribution < 1.29 is 24.0 Å². The van der Waals surface area contributed by atoms with Gasteiger partial charge in [-0.3, -0.25) is 24.6 Å². The topological polar surface area (TPSA) is 99.0 Å². The predicted octanol–water partition coefficient (Wildman–Crippen LogP) is 1.40. The van der Waals surface area contributed by atoms with Crippen LogP contribution in [-0.2, 0) is 25.6 Å². The first-order valence-corrected chi connectivity index (χ1v) is 6.54. The number of nitro benzene ring substituents is 1. The van der Waals surface area contributed by atoms with Gasteiger partial charge in [0.05, 0.1) is 32.2 Å². The van der Waals surface area contributed by atoms with Crippen LogP contribution in [-0.4, -0.2) is 49.1 Å². The van der Waals surface area contributed by atoms with E-state index in [0.29, 0.717) is 5.56 Å². The van der Waals surface area contributed by atoms with E-state index in [1.54, 1.807) is 0 Å². The number of nitro groups is 1. The fourth-order valence-electron chi connectivity index (χ4n) is 1.74. The first kappa shape index (κ1) is 17.9. The zero-order valence-electron chi connectivity index (χ0n) is 12.1. The molecule has 1 aromatic rings. The summed E-state index contributed by atoms with van der Waals surface area (Å²) < 4.78 is 9.09. The van der Waals surface area contributed by atoms with Crippen molar-refractivity contribution in [2.24, 2.45) is 0 Å². The number of methoxy groups -OCH3 is 2. The van der Waals surface area contributed by atoms with Gasteiger partial charge in [0.15, 0.2) is 0 Å². The number of benzene rings is 1. The molecule has 0 saturated heterocycles. The molecule has 0 N–H and O–H groups in total. The molecule has 0 heterocycles. The summed E-state index contributed by atoms with van der Waals surface area (Å²) in [5.41, 5.74) is 0.134. The molecule has 1 aromatic carbocycles. The van der Waals surface area contributed by atoms with Crippen LogP contribution in [0.15, 0.2) is 18.2 Å². The Bertz CT molecular complexity index is 560. The molecular formula is C13H15ClN2O6. The Morgan fingerprint density at radius 1 is 1.23 bits per heavy atom. The van der Waals surface area contributed by atoms with Crippen molar-refractivity contribution in [1.29, 1.82) is 0 Å². The zero-order chi connectivity index (χ0) is 16.7. The maximum Gasteiger partial charge on any atom is 0.319 e. The van der Waals surface area contributed by atoms with Gasteiger partial charge in [0.2, 0.25) is 0 Å². The Balaban J connectivity index is 2.99. The molecule has 0 fully saturated rings. The lowest BCUT2D eigenvalue weighted by molar-refractivity contribution is -0.385. The zero-order valence-corrected chi connectivity index (χ0v) is 12.8. The monoisotopic (exact) mass is 330 g/mol. The number of carbonyl (C=O) groups is 2. The summed E-state index contributed by atoms with van der Waals surface area (Å²) in [6.07, 6.45) is 0. The standard InChI is InChI=1S/C13H15ClN2O6/c1-21-12(17)7-15(8-13(18)22-2)6-9-3-4-10(14)5-11(9)16(19)20/h3-5H,6-8H2,1-2H3. The highest BCUT2D eigenvalue weighted by atomic mass is 35.5. The molecule has 0 atom stereocenters. The van der Waals surface area contributed by atoms with Crippen molar-refractivity contribution in [3.63, 3.8) is 0 Å². The lowest BCUT2D eigenvalue weighted by atomic mass is 10.1. The Hall–Kier alpha value is -2.19. The summed E-state index contributed by atoms with van der Waals surface area (Å²) in [7, 11) is 2.42. The molecular weight excluding hydrogens is 316 g/mol. The number of esters is 2. The SMILES string of the molecule is COC(=O)CN(CC(=O)OC)Cc1ccc(Cl)cc1[N+](=O)[O-]. The lowest BCUT2D eigenvalue weighted by Crippen LogP contribution is -2.35. The molecule has 9 heteroatoms. The Kier molecular flexibility index (Phi) is 6.74. The second-order valence-electron chi connectivity index (χ2n) is 4.33. The second kappa shape index (κ2) is 8.30. The summed E-state index contributed by atoms with van der Waals surface area (Å²) in [5.74, 6) is -1.14. The smallest absolute Gasteiger partial charge is 0.319 e. The van der Waals surface area contributed by atoms with Crippen molar-refractivity contribution in [3.8, 4) is 0 Å². The first-order chi connectivity index (χ1) is 10.4. The molecule has 0 unspecified atom stereocenters. The van der Waals surface area contributed by atoms with Crippen LogP contribution >= 0.6 is 11.6 Å². The highest BCUT2D eigenvalue weighted by molar-refractivity contribution is 6.30. The van der Waals surface area contributed by atoms with Crippen LogP contribution < -0.4 is 0 Å². The molecule has 120 valence electrons. The van der Waals surface area contributed by atoms with E-state index in [9.17, 15) is 19.7 Å². The average Bonchev–Trinajstić information content (AvgIpc) is 2.48. The third kappa shape index (κ3) is 5.30.